The van der Waals surface area contributed by atoms with Gasteiger partial charge in [0.1, 0.15) is 30.0 Å². The Labute approximate surface area is 172 Å². The summed E-state index contributed by atoms with van der Waals surface area (Å²) < 4.78 is 47.5. The molecule has 8 nitrogen and oxygen atoms in total. The van der Waals surface area contributed by atoms with Crippen LogP contribution >= 0.6 is 0 Å². The Bertz CT molecular complexity index is 1230. The highest BCUT2D eigenvalue weighted by molar-refractivity contribution is 7.91. The van der Waals surface area contributed by atoms with E-state index >= 15 is 0 Å². The van der Waals surface area contributed by atoms with Gasteiger partial charge in [0.25, 0.3) is 0 Å². The van der Waals surface area contributed by atoms with Gasteiger partial charge in [0.05, 0.1) is 5.75 Å². The lowest BCUT2D eigenvalue weighted by atomic mass is 10.2. The molecule has 10 heteroatoms. The standard InChI is InChI=1S/C20H16FN5O3S/c21-16-3-1-15(2-4-16)12-30(27,28)25-17-5-7-18(8-6-17)29-20-11-19(23-13-24-20)26-10-9-22-14-26/h1-11,13-14,25H,12H2. The maximum absolute atomic E-state index is 13.0. The van der Waals surface area contributed by atoms with E-state index in [1.807, 2.05) is 0 Å². The largest absolute Gasteiger partial charge is 0.439 e. The lowest BCUT2D eigenvalue weighted by Crippen LogP contribution is -2.15. The molecule has 0 atom stereocenters. The fourth-order valence-electron chi connectivity index (χ4n) is 2.65. The topological polar surface area (TPSA) is 99.0 Å². The maximum Gasteiger partial charge on any atom is 0.236 e. The molecule has 0 aliphatic heterocycles. The van der Waals surface area contributed by atoms with Gasteiger partial charge in [-0.05, 0) is 42.0 Å². The van der Waals surface area contributed by atoms with Gasteiger partial charge in [0.15, 0.2) is 0 Å². The quantitative estimate of drug-likeness (QED) is 0.486. The Hall–Kier alpha value is -3.79. The number of imidazole rings is 1. The fourth-order valence-corrected chi connectivity index (χ4v) is 3.85. The first kappa shape index (κ1) is 19.5. The zero-order valence-electron chi connectivity index (χ0n) is 15.5. The molecule has 2 aromatic heterocycles. The van der Waals surface area contributed by atoms with Crippen molar-refractivity contribution in [3.63, 3.8) is 0 Å². The van der Waals surface area contributed by atoms with E-state index in [4.69, 9.17) is 4.74 Å². The Morgan fingerprint density at radius 2 is 1.80 bits per heavy atom. The number of halogens is 1. The van der Waals surface area contributed by atoms with E-state index in [0.717, 1.165) is 0 Å². The van der Waals surface area contributed by atoms with Gasteiger partial charge in [0.2, 0.25) is 15.9 Å². The van der Waals surface area contributed by atoms with Crippen LogP contribution in [0.15, 0.2) is 79.6 Å². The van der Waals surface area contributed by atoms with Crippen LogP contribution in [-0.4, -0.2) is 27.9 Å². The van der Waals surface area contributed by atoms with E-state index in [9.17, 15) is 12.8 Å². The zero-order chi connectivity index (χ0) is 21.0. The summed E-state index contributed by atoms with van der Waals surface area (Å²) in [5.41, 5.74) is 0.868. The van der Waals surface area contributed by atoms with Crippen molar-refractivity contribution >= 4 is 15.7 Å². The number of sulfonamides is 1. The highest BCUT2D eigenvalue weighted by Crippen LogP contribution is 2.23. The van der Waals surface area contributed by atoms with E-state index in [0.29, 0.717) is 28.7 Å². The zero-order valence-corrected chi connectivity index (χ0v) is 16.3. The predicted octanol–water partition coefficient (Wildman–Crippen LogP) is 3.54. The third-order valence-electron chi connectivity index (χ3n) is 4.02. The molecular weight excluding hydrogens is 409 g/mol. The molecule has 0 saturated carbocycles. The average molecular weight is 425 g/mol. The van der Waals surface area contributed by atoms with Crippen molar-refractivity contribution in [1.29, 1.82) is 0 Å². The van der Waals surface area contributed by atoms with E-state index < -0.39 is 15.8 Å². The Morgan fingerprint density at radius 3 is 2.50 bits per heavy atom. The minimum atomic E-state index is -3.65. The van der Waals surface area contributed by atoms with Crippen molar-refractivity contribution in [2.45, 2.75) is 5.75 Å². The predicted molar refractivity (Wildman–Crippen MR) is 108 cm³/mol. The lowest BCUT2D eigenvalue weighted by Gasteiger charge is -2.10. The molecular formula is C20H16FN5O3S. The number of benzene rings is 2. The van der Waals surface area contributed by atoms with Gasteiger partial charge in [-0.1, -0.05) is 12.1 Å². The lowest BCUT2D eigenvalue weighted by molar-refractivity contribution is 0.461. The van der Waals surface area contributed by atoms with E-state index in [1.54, 1.807) is 53.6 Å². The molecule has 4 aromatic rings. The van der Waals surface area contributed by atoms with Crippen LogP contribution in [0.1, 0.15) is 5.56 Å². The monoisotopic (exact) mass is 425 g/mol. The van der Waals surface area contributed by atoms with E-state index in [-0.39, 0.29) is 5.75 Å². The molecule has 0 radical (unpaired) electrons. The highest BCUT2D eigenvalue weighted by atomic mass is 32.2. The van der Waals surface area contributed by atoms with Crippen LogP contribution in [0.2, 0.25) is 0 Å². The summed E-state index contributed by atoms with van der Waals surface area (Å²) in [6.07, 6.45) is 6.37. The summed E-state index contributed by atoms with van der Waals surface area (Å²) in [4.78, 5) is 12.2. The smallest absolute Gasteiger partial charge is 0.236 e. The SMILES string of the molecule is O=S(=O)(Cc1ccc(F)cc1)Nc1ccc(Oc2cc(-n3ccnc3)ncn2)cc1. The summed E-state index contributed by atoms with van der Waals surface area (Å²) in [5, 5.41) is 0. The Morgan fingerprint density at radius 1 is 1.03 bits per heavy atom. The van der Waals surface area contributed by atoms with Gasteiger partial charge < -0.3 is 4.74 Å². The molecule has 0 fully saturated rings. The summed E-state index contributed by atoms with van der Waals surface area (Å²) >= 11 is 0. The minimum Gasteiger partial charge on any atom is -0.439 e. The van der Waals surface area contributed by atoms with Gasteiger partial charge in [-0.2, -0.15) is 0 Å². The normalized spacial score (nSPS) is 11.2. The van der Waals surface area contributed by atoms with Crippen molar-refractivity contribution in [1.82, 2.24) is 19.5 Å². The number of nitrogens with one attached hydrogen (secondary N) is 1. The highest BCUT2D eigenvalue weighted by Gasteiger charge is 2.12. The van der Waals surface area contributed by atoms with Crippen LogP contribution < -0.4 is 9.46 Å². The molecule has 0 bridgehead atoms. The molecule has 0 spiro atoms. The fraction of sp³-hybridized carbons (Fsp3) is 0.0500. The molecule has 2 heterocycles. The van der Waals surface area contributed by atoms with Crippen LogP contribution in [-0.2, 0) is 15.8 Å². The van der Waals surface area contributed by atoms with Crippen molar-refractivity contribution in [3.8, 4) is 17.4 Å². The number of hydrogen-bond donors (Lipinski definition) is 1. The number of hydrogen-bond acceptors (Lipinski definition) is 6. The third kappa shape index (κ3) is 4.97. The number of nitrogens with zero attached hydrogens (tertiary/aromatic N) is 4. The first-order valence-corrected chi connectivity index (χ1v) is 10.5. The van der Waals surface area contributed by atoms with E-state index in [1.165, 1.54) is 30.6 Å². The first-order valence-electron chi connectivity index (χ1n) is 8.80. The van der Waals surface area contributed by atoms with Gasteiger partial charge in [-0.25, -0.2) is 27.8 Å². The minimum absolute atomic E-state index is 0.260. The average Bonchev–Trinajstić information content (AvgIpc) is 3.26. The second kappa shape index (κ2) is 8.29. The number of aromatic nitrogens is 4. The summed E-state index contributed by atoms with van der Waals surface area (Å²) in [5.74, 6) is 0.733. The third-order valence-corrected chi connectivity index (χ3v) is 5.28. The molecule has 2 aromatic carbocycles. The molecule has 0 saturated heterocycles. The van der Waals surface area contributed by atoms with Crippen molar-refractivity contribution in [2.75, 3.05) is 4.72 Å². The van der Waals surface area contributed by atoms with Gasteiger partial charge in [-0.15, -0.1) is 0 Å². The number of anilines is 1. The first-order chi connectivity index (χ1) is 14.5. The van der Waals surface area contributed by atoms with Gasteiger partial charge in [0, 0.05) is 24.1 Å². The van der Waals surface area contributed by atoms with Crippen LogP contribution in [0.5, 0.6) is 11.6 Å². The molecule has 1 N–H and O–H groups in total. The van der Waals surface area contributed by atoms with Gasteiger partial charge >= 0.3 is 0 Å². The number of ether oxygens (including phenoxy) is 1. The molecule has 0 aliphatic rings. The van der Waals surface area contributed by atoms with Crippen LogP contribution in [0.4, 0.5) is 10.1 Å². The van der Waals surface area contributed by atoms with Crippen LogP contribution in [0.3, 0.4) is 0 Å². The molecule has 0 unspecified atom stereocenters. The molecule has 0 amide bonds. The molecule has 152 valence electrons. The summed E-state index contributed by atoms with van der Waals surface area (Å²) in [6, 6.07) is 13.4. The Balaban J connectivity index is 1.42. The van der Waals surface area contributed by atoms with Gasteiger partial charge in [-0.3, -0.25) is 9.29 Å². The molecule has 30 heavy (non-hydrogen) atoms. The summed E-state index contributed by atoms with van der Waals surface area (Å²) in [6.45, 7) is 0. The van der Waals surface area contributed by atoms with Crippen molar-refractivity contribution in [2.24, 2.45) is 0 Å². The van der Waals surface area contributed by atoms with Crippen LogP contribution in [0, 0.1) is 5.82 Å². The van der Waals surface area contributed by atoms with Crippen molar-refractivity contribution < 1.29 is 17.5 Å². The molecule has 4 rings (SSSR count). The summed E-state index contributed by atoms with van der Waals surface area (Å²) in [7, 11) is -3.65. The molecule has 0 aliphatic carbocycles. The maximum atomic E-state index is 13.0. The second-order valence-electron chi connectivity index (χ2n) is 6.30. The Kier molecular flexibility index (Phi) is 5.40. The van der Waals surface area contributed by atoms with Crippen molar-refractivity contribution in [3.05, 3.63) is 91.0 Å². The van der Waals surface area contributed by atoms with E-state index in [2.05, 4.69) is 19.7 Å². The number of rotatable bonds is 7. The van der Waals surface area contributed by atoms with Crippen LogP contribution in [0.25, 0.3) is 5.82 Å². The second-order valence-corrected chi connectivity index (χ2v) is 8.02.